The van der Waals surface area contributed by atoms with Crippen LogP contribution in [0, 0.1) is 0 Å². The minimum Gasteiger partial charge on any atom is -0.456 e. The van der Waals surface area contributed by atoms with Crippen LogP contribution in [0.1, 0.15) is 15.2 Å². The molecule has 0 fully saturated rings. The fraction of sp³-hybridized carbons (Fsp3) is 0.0833. The van der Waals surface area contributed by atoms with Gasteiger partial charge >= 0.3 is 5.97 Å². The average molecular weight is 337 g/mol. The van der Waals surface area contributed by atoms with Crippen LogP contribution >= 0.6 is 46.1 Å². The third-order valence-corrected chi connectivity index (χ3v) is 4.29. The molecule has 19 heavy (non-hydrogen) atoms. The largest absolute Gasteiger partial charge is 0.456 e. The predicted molar refractivity (Wildman–Crippen MR) is 79.3 cm³/mol. The summed E-state index contributed by atoms with van der Waals surface area (Å²) in [7, 11) is 0. The Bertz CT molecular complexity index is 604. The first-order chi connectivity index (χ1) is 8.97. The Hall–Kier alpha value is -0.940. The summed E-state index contributed by atoms with van der Waals surface area (Å²) in [5, 5.41) is 0.441. The summed E-state index contributed by atoms with van der Waals surface area (Å²) >= 11 is 18.8. The van der Waals surface area contributed by atoms with E-state index in [0.717, 1.165) is 4.88 Å². The molecule has 1 aromatic heterocycles. The van der Waals surface area contributed by atoms with Crippen molar-refractivity contribution in [2.75, 3.05) is 5.73 Å². The predicted octanol–water partition coefficient (Wildman–Crippen LogP) is 4.65. The topological polar surface area (TPSA) is 52.3 Å². The first-order valence-electron chi connectivity index (χ1n) is 5.13. The Labute approximate surface area is 128 Å². The highest BCUT2D eigenvalue weighted by molar-refractivity contribution is 7.16. The maximum atomic E-state index is 11.8. The van der Waals surface area contributed by atoms with Gasteiger partial charge in [0.2, 0.25) is 0 Å². The Morgan fingerprint density at radius 3 is 2.58 bits per heavy atom. The monoisotopic (exact) mass is 335 g/mol. The molecule has 0 spiro atoms. The lowest BCUT2D eigenvalue weighted by Crippen LogP contribution is -2.05. The number of ether oxygens (including phenoxy) is 1. The van der Waals surface area contributed by atoms with Gasteiger partial charge in [-0.1, -0.05) is 34.8 Å². The number of hydrogen-bond acceptors (Lipinski definition) is 4. The summed E-state index contributed by atoms with van der Waals surface area (Å²) in [6, 6.07) is 6.39. The van der Waals surface area contributed by atoms with Gasteiger partial charge < -0.3 is 10.5 Å². The Balaban J connectivity index is 2.08. The maximum Gasteiger partial charge on any atom is 0.338 e. The SMILES string of the molecule is Nc1cc(C(=O)OCc2ccc(Cl)s2)cc(Cl)c1Cl. The molecule has 0 bridgehead atoms. The zero-order valence-corrected chi connectivity index (χ0v) is 12.5. The minimum atomic E-state index is -0.519. The van der Waals surface area contributed by atoms with E-state index in [1.165, 1.54) is 23.5 Å². The molecule has 0 atom stereocenters. The second-order valence-electron chi connectivity index (χ2n) is 3.64. The smallest absolute Gasteiger partial charge is 0.338 e. The van der Waals surface area contributed by atoms with E-state index in [9.17, 15) is 4.79 Å². The third kappa shape index (κ3) is 3.54. The molecular weight excluding hydrogens is 329 g/mol. The standard InChI is InChI=1S/C12H8Cl3NO2S/c13-8-3-6(4-9(16)11(8)15)12(17)18-5-7-1-2-10(14)19-7/h1-4H,5,16H2. The summed E-state index contributed by atoms with van der Waals surface area (Å²) in [5.74, 6) is -0.519. The van der Waals surface area contributed by atoms with Gasteiger partial charge in [-0.2, -0.15) is 0 Å². The molecule has 2 aromatic rings. The molecule has 0 unspecified atom stereocenters. The molecule has 100 valence electrons. The van der Waals surface area contributed by atoms with Crippen molar-refractivity contribution in [3.8, 4) is 0 Å². The second-order valence-corrected chi connectivity index (χ2v) is 6.23. The number of thiophene rings is 1. The van der Waals surface area contributed by atoms with Crippen LogP contribution in [0.2, 0.25) is 14.4 Å². The zero-order valence-electron chi connectivity index (χ0n) is 9.45. The van der Waals surface area contributed by atoms with Crippen LogP contribution in [0.25, 0.3) is 0 Å². The number of esters is 1. The molecule has 7 heteroatoms. The number of benzene rings is 1. The summed E-state index contributed by atoms with van der Waals surface area (Å²) in [6.07, 6.45) is 0. The van der Waals surface area contributed by atoms with Gasteiger partial charge in [-0.25, -0.2) is 4.79 Å². The van der Waals surface area contributed by atoms with E-state index < -0.39 is 5.97 Å². The van der Waals surface area contributed by atoms with Crippen molar-refractivity contribution in [3.63, 3.8) is 0 Å². The van der Waals surface area contributed by atoms with Crippen molar-refractivity contribution in [3.05, 3.63) is 49.1 Å². The highest BCUT2D eigenvalue weighted by atomic mass is 35.5. The van der Waals surface area contributed by atoms with Gasteiger partial charge in [0.05, 0.1) is 25.6 Å². The lowest BCUT2D eigenvalue weighted by atomic mass is 10.2. The van der Waals surface area contributed by atoms with E-state index in [1.807, 2.05) is 0 Å². The molecule has 1 aromatic carbocycles. The molecule has 0 amide bonds. The van der Waals surface area contributed by atoms with Crippen LogP contribution in [-0.2, 0) is 11.3 Å². The third-order valence-electron chi connectivity index (χ3n) is 2.27. The summed E-state index contributed by atoms with van der Waals surface area (Å²) < 4.78 is 5.78. The summed E-state index contributed by atoms with van der Waals surface area (Å²) in [6.45, 7) is 0.149. The molecule has 0 aliphatic heterocycles. The lowest BCUT2D eigenvalue weighted by Gasteiger charge is -2.06. The normalized spacial score (nSPS) is 10.5. The summed E-state index contributed by atoms with van der Waals surface area (Å²) in [4.78, 5) is 12.7. The summed E-state index contributed by atoms with van der Waals surface area (Å²) in [5.41, 5.74) is 6.13. The Kier molecular flexibility index (Phi) is 4.58. The molecule has 2 N–H and O–H groups in total. The van der Waals surface area contributed by atoms with Crippen molar-refractivity contribution in [1.29, 1.82) is 0 Å². The van der Waals surface area contributed by atoms with E-state index in [0.29, 0.717) is 4.34 Å². The van der Waals surface area contributed by atoms with Crippen molar-refractivity contribution in [2.45, 2.75) is 6.61 Å². The van der Waals surface area contributed by atoms with Crippen LogP contribution < -0.4 is 5.73 Å². The Morgan fingerprint density at radius 2 is 2.00 bits per heavy atom. The Morgan fingerprint density at radius 1 is 1.26 bits per heavy atom. The first kappa shape index (κ1) is 14.5. The lowest BCUT2D eigenvalue weighted by molar-refractivity contribution is 0.0477. The molecule has 0 saturated carbocycles. The van der Waals surface area contributed by atoms with Gasteiger partial charge in [-0.05, 0) is 24.3 Å². The number of anilines is 1. The van der Waals surface area contributed by atoms with Crippen molar-refractivity contribution >= 4 is 57.8 Å². The van der Waals surface area contributed by atoms with Gasteiger partial charge in [0.25, 0.3) is 0 Å². The van der Waals surface area contributed by atoms with Gasteiger partial charge in [0.15, 0.2) is 0 Å². The number of halogens is 3. The molecule has 0 aliphatic carbocycles. The maximum absolute atomic E-state index is 11.8. The first-order valence-corrected chi connectivity index (χ1v) is 7.08. The van der Waals surface area contributed by atoms with Crippen LogP contribution in [0.15, 0.2) is 24.3 Å². The zero-order chi connectivity index (χ0) is 14.0. The van der Waals surface area contributed by atoms with Gasteiger partial charge in [0.1, 0.15) is 6.61 Å². The molecular formula is C12H8Cl3NO2S. The number of nitrogen functional groups attached to an aromatic ring is 1. The van der Waals surface area contributed by atoms with E-state index in [2.05, 4.69) is 0 Å². The van der Waals surface area contributed by atoms with Crippen LogP contribution in [0.4, 0.5) is 5.69 Å². The van der Waals surface area contributed by atoms with Crippen molar-refractivity contribution in [1.82, 2.24) is 0 Å². The van der Waals surface area contributed by atoms with E-state index in [4.69, 9.17) is 45.3 Å². The van der Waals surface area contributed by atoms with Crippen LogP contribution in [-0.4, -0.2) is 5.97 Å². The highest BCUT2D eigenvalue weighted by Gasteiger charge is 2.13. The number of hydrogen-bond donors (Lipinski definition) is 1. The van der Waals surface area contributed by atoms with E-state index in [1.54, 1.807) is 12.1 Å². The number of rotatable bonds is 3. The van der Waals surface area contributed by atoms with Crippen LogP contribution in [0.5, 0.6) is 0 Å². The number of nitrogens with two attached hydrogens (primary N) is 1. The van der Waals surface area contributed by atoms with Crippen LogP contribution in [0.3, 0.4) is 0 Å². The molecule has 0 saturated heterocycles. The quantitative estimate of drug-likeness (QED) is 0.656. The molecule has 3 nitrogen and oxygen atoms in total. The second kappa shape index (κ2) is 6.01. The van der Waals surface area contributed by atoms with Gasteiger partial charge in [-0.3, -0.25) is 0 Å². The minimum absolute atomic E-state index is 0.149. The van der Waals surface area contributed by atoms with Gasteiger partial charge in [0, 0.05) is 4.88 Å². The van der Waals surface area contributed by atoms with Gasteiger partial charge in [-0.15, -0.1) is 11.3 Å². The number of carbonyl (C=O) groups excluding carboxylic acids is 1. The fourth-order valence-corrected chi connectivity index (χ4v) is 2.71. The van der Waals surface area contributed by atoms with Crippen molar-refractivity contribution < 1.29 is 9.53 Å². The highest BCUT2D eigenvalue weighted by Crippen LogP contribution is 2.30. The fourth-order valence-electron chi connectivity index (χ4n) is 1.38. The van der Waals surface area contributed by atoms with E-state index in [-0.39, 0.29) is 27.9 Å². The van der Waals surface area contributed by atoms with E-state index >= 15 is 0 Å². The van der Waals surface area contributed by atoms with Crippen molar-refractivity contribution in [2.24, 2.45) is 0 Å². The molecule has 0 radical (unpaired) electrons. The molecule has 0 aliphatic rings. The average Bonchev–Trinajstić information content (AvgIpc) is 2.78. The molecule has 2 rings (SSSR count). The number of carbonyl (C=O) groups is 1. The molecule has 1 heterocycles.